The van der Waals surface area contributed by atoms with Crippen LogP contribution in [0.5, 0.6) is 5.75 Å². The van der Waals surface area contributed by atoms with Crippen LogP contribution in [-0.2, 0) is 14.3 Å². The Labute approximate surface area is 202 Å². The van der Waals surface area contributed by atoms with E-state index in [-0.39, 0.29) is 18.3 Å². The number of ether oxygens (including phenoxy) is 2. The highest BCUT2D eigenvalue weighted by Gasteiger charge is 2.30. The highest BCUT2D eigenvalue weighted by atomic mass is 32.2. The predicted octanol–water partition coefficient (Wildman–Crippen LogP) is 4.63. The molecule has 0 radical (unpaired) electrons. The van der Waals surface area contributed by atoms with Gasteiger partial charge in [0.2, 0.25) is 5.91 Å². The van der Waals surface area contributed by atoms with Crippen LogP contribution >= 0.6 is 23.5 Å². The number of carbonyl (C=O) groups is 2. The van der Waals surface area contributed by atoms with Crippen molar-refractivity contribution in [2.75, 3.05) is 31.0 Å². The van der Waals surface area contributed by atoms with Crippen molar-refractivity contribution in [1.82, 2.24) is 5.32 Å². The maximum Gasteiger partial charge on any atom is 0.338 e. The van der Waals surface area contributed by atoms with Crippen molar-refractivity contribution in [3.8, 4) is 5.75 Å². The van der Waals surface area contributed by atoms with Gasteiger partial charge in [-0.3, -0.25) is 4.79 Å². The molecule has 1 heterocycles. The van der Waals surface area contributed by atoms with Crippen molar-refractivity contribution in [1.29, 1.82) is 0 Å². The highest BCUT2D eigenvalue weighted by molar-refractivity contribution is 8.14. The Hall–Kier alpha value is -2.91. The van der Waals surface area contributed by atoms with Crippen LogP contribution in [0.25, 0.3) is 0 Å². The first-order valence-corrected chi connectivity index (χ1v) is 12.6. The molecule has 2 aromatic carbocycles. The molecule has 1 atom stereocenters. The minimum Gasteiger partial charge on any atom is -0.497 e. The van der Waals surface area contributed by atoms with E-state index in [0.717, 1.165) is 10.5 Å². The van der Waals surface area contributed by atoms with Crippen LogP contribution in [0.1, 0.15) is 25.5 Å². The Morgan fingerprint density at radius 2 is 1.94 bits per heavy atom. The Balaban J connectivity index is 1.76. The summed E-state index contributed by atoms with van der Waals surface area (Å²) in [4.78, 5) is 31.0. The number of amides is 1. The van der Waals surface area contributed by atoms with Gasteiger partial charge in [-0.25, -0.2) is 9.79 Å². The number of anilines is 1. The summed E-state index contributed by atoms with van der Waals surface area (Å²) in [6.45, 7) is 3.88. The lowest BCUT2D eigenvalue weighted by atomic mass is 9.97. The molecule has 3 rings (SSSR count). The Bertz CT molecular complexity index is 1070. The smallest absolute Gasteiger partial charge is 0.338 e. The number of aliphatic imine (C=N–C) groups is 1. The second-order valence-corrected chi connectivity index (χ2v) is 8.91. The lowest BCUT2D eigenvalue weighted by Gasteiger charge is -2.25. The van der Waals surface area contributed by atoms with Crippen LogP contribution in [0.2, 0.25) is 0 Å². The quantitative estimate of drug-likeness (QED) is 0.416. The van der Waals surface area contributed by atoms with E-state index in [2.05, 4.69) is 10.6 Å². The summed E-state index contributed by atoms with van der Waals surface area (Å²) in [5.74, 6) is 0.256. The van der Waals surface area contributed by atoms with E-state index < -0.39 is 12.0 Å². The van der Waals surface area contributed by atoms with Crippen LogP contribution < -0.4 is 15.4 Å². The Kier molecular flexibility index (Phi) is 8.85. The van der Waals surface area contributed by atoms with Gasteiger partial charge in [-0.1, -0.05) is 30.0 Å². The van der Waals surface area contributed by atoms with Gasteiger partial charge in [0, 0.05) is 22.3 Å². The molecule has 2 aromatic rings. The molecule has 2 N–H and O–H groups in total. The average Bonchev–Trinajstić information content (AvgIpc) is 2.82. The van der Waals surface area contributed by atoms with Crippen molar-refractivity contribution in [2.45, 2.75) is 24.8 Å². The Morgan fingerprint density at radius 1 is 1.18 bits per heavy atom. The zero-order chi connectivity index (χ0) is 23.8. The normalized spacial score (nSPS) is 15.4. The van der Waals surface area contributed by atoms with Gasteiger partial charge >= 0.3 is 5.97 Å². The lowest BCUT2D eigenvalue weighted by molar-refractivity contribution is -0.139. The number of rotatable bonds is 8. The minimum atomic E-state index is -0.509. The summed E-state index contributed by atoms with van der Waals surface area (Å²) < 4.78 is 10.5. The third kappa shape index (κ3) is 6.55. The highest BCUT2D eigenvalue weighted by Crippen LogP contribution is 2.33. The van der Waals surface area contributed by atoms with Gasteiger partial charge in [0.05, 0.1) is 25.0 Å². The number of nitrogens with one attached hydrogen (secondary N) is 2. The maximum absolute atomic E-state index is 12.7. The fraction of sp³-hybridized carbons (Fsp3) is 0.292. The molecular weight excluding hydrogens is 458 g/mol. The number of hydrogen-bond acceptors (Lipinski definition) is 8. The van der Waals surface area contributed by atoms with Gasteiger partial charge in [-0.05, 0) is 49.9 Å². The van der Waals surface area contributed by atoms with E-state index >= 15 is 0 Å². The van der Waals surface area contributed by atoms with Gasteiger partial charge in [0.25, 0.3) is 0 Å². The largest absolute Gasteiger partial charge is 0.497 e. The summed E-state index contributed by atoms with van der Waals surface area (Å²) in [7, 11) is 1.58. The minimum absolute atomic E-state index is 0.156. The van der Waals surface area contributed by atoms with Crippen LogP contribution in [0.4, 0.5) is 5.69 Å². The molecular formula is C24H27N3O4S2. The van der Waals surface area contributed by atoms with Crippen molar-refractivity contribution >= 4 is 46.3 Å². The van der Waals surface area contributed by atoms with Gasteiger partial charge in [0.1, 0.15) is 11.8 Å². The first kappa shape index (κ1) is 24.7. The SMILES string of the molecule is CCOC(=O)C1=C(C)NC(SCC(=O)Nc2cccc(OC)c2)=N[C@H]1c1ccc(SC)cc1. The number of carbonyl (C=O) groups excluding carboxylic acids is 2. The fourth-order valence-electron chi connectivity index (χ4n) is 3.25. The lowest BCUT2D eigenvalue weighted by Crippen LogP contribution is -2.31. The molecule has 0 aromatic heterocycles. The molecule has 1 aliphatic rings. The van der Waals surface area contributed by atoms with Gasteiger partial charge in [-0.15, -0.1) is 11.8 Å². The van der Waals surface area contributed by atoms with Gasteiger partial charge < -0.3 is 20.1 Å². The molecule has 33 heavy (non-hydrogen) atoms. The molecule has 0 saturated heterocycles. The van der Waals surface area contributed by atoms with E-state index in [1.54, 1.807) is 37.9 Å². The molecule has 0 fully saturated rings. The third-order valence-corrected chi connectivity index (χ3v) is 6.47. The standard InChI is InChI=1S/C24H27N3O4S2/c1-5-31-23(29)21-15(2)25-24(27-22(21)16-9-11-19(32-4)12-10-16)33-14-20(28)26-17-7-6-8-18(13-17)30-3/h6-13,22H,5,14H2,1-4H3,(H,25,27)(H,26,28)/t22-/m0/s1. The summed E-state index contributed by atoms with van der Waals surface area (Å²) >= 11 is 2.92. The fourth-order valence-corrected chi connectivity index (χ4v) is 4.41. The molecule has 174 valence electrons. The molecule has 0 aliphatic carbocycles. The zero-order valence-electron chi connectivity index (χ0n) is 19.0. The summed E-state index contributed by atoms with van der Waals surface area (Å²) in [6.07, 6.45) is 2.01. The molecule has 1 amide bonds. The molecule has 9 heteroatoms. The van der Waals surface area contributed by atoms with Crippen LogP contribution in [0.3, 0.4) is 0 Å². The molecule has 0 spiro atoms. The number of nitrogens with zero attached hydrogens (tertiary/aromatic N) is 1. The number of allylic oxidation sites excluding steroid dienone is 1. The summed E-state index contributed by atoms with van der Waals surface area (Å²) in [5, 5.41) is 6.58. The van der Waals surface area contributed by atoms with Crippen LogP contribution in [0.15, 0.2) is 69.7 Å². The number of amidine groups is 1. The molecule has 7 nitrogen and oxygen atoms in total. The second kappa shape index (κ2) is 11.8. The van der Waals surface area contributed by atoms with E-state index in [4.69, 9.17) is 14.5 Å². The predicted molar refractivity (Wildman–Crippen MR) is 135 cm³/mol. The number of thioether (sulfide) groups is 2. The van der Waals surface area contributed by atoms with Gasteiger partial charge in [0.15, 0.2) is 5.17 Å². The number of benzene rings is 2. The van der Waals surface area contributed by atoms with Crippen molar-refractivity contribution < 1.29 is 19.1 Å². The maximum atomic E-state index is 12.7. The zero-order valence-corrected chi connectivity index (χ0v) is 20.6. The first-order chi connectivity index (χ1) is 15.9. The van der Waals surface area contributed by atoms with Crippen molar-refractivity contribution in [3.05, 3.63) is 65.4 Å². The third-order valence-electron chi connectivity index (χ3n) is 4.84. The molecule has 0 saturated carbocycles. The molecule has 0 unspecified atom stereocenters. The topological polar surface area (TPSA) is 89.0 Å². The summed E-state index contributed by atoms with van der Waals surface area (Å²) in [5.41, 5.74) is 2.68. The number of methoxy groups -OCH3 is 1. The second-order valence-electron chi connectivity index (χ2n) is 7.06. The molecule has 0 bridgehead atoms. The van der Waals surface area contributed by atoms with E-state index in [0.29, 0.717) is 27.9 Å². The Morgan fingerprint density at radius 3 is 2.61 bits per heavy atom. The van der Waals surface area contributed by atoms with E-state index in [9.17, 15) is 9.59 Å². The number of esters is 1. The summed E-state index contributed by atoms with van der Waals surface area (Å²) in [6, 6.07) is 14.6. The van der Waals surface area contributed by atoms with Crippen LogP contribution in [0, 0.1) is 0 Å². The first-order valence-electron chi connectivity index (χ1n) is 10.4. The van der Waals surface area contributed by atoms with Gasteiger partial charge in [-0.2, -0.15) is 0 Å². The van der Waals surface area contributed by atoms with E-state index in [1.807, 2.05) is 49.6 Å². The molecule has 1 aliphatic heterocycles. The van der Waals surface area contributed by atoms with E-state index in [1.165, 1.54) is 11.8 Å². The number of hydrogen-bond donors (Lipinski definition) is 2. The van der Waals surface area contributed by atoms with Crippen molar-refractivity contribution in [3.63, 3.8) is 0 Å². The average molecular weight is 486 g/mol. The monoisotopic (exact) mass is 485 g/mol. The van der Waals surface area contributed by atoms with Crippen LogP contribution in [-0.4, -0.2) is 42.8 Å². The van der Waals surface area contributed by atoms with Crippen molar-refractivity contribution in [2.24, 2.45) is 4.99 Å².